The van der Waals surface area contributed by atoms with Gasteiger partial charge < -0.3 is 10.1 Å². The van der Waals surface area contributed by atoms with Gasteiger partial charge in [-0.1, -0.05) is 19.9 Å². The fourth-order valence-electron chi connectivity index (χ4n) is 3.00. The van der Waals surface area contributed by atoms with Gasteiger partial charge in [-0.15, -0.1) is 0 Å². The summed E-state index contributed by atoms with van der Waals surface area (Å²) in [6, 6.07) is 10.5. The lowest BCUT2D eigenvalue weighted by Gasteiger charge is -2.32. The van der Waals surface area contributed by atoms with E-state index < -0.39 is 0 Å². The topological polar surface area (TPSA) is 46.5 Å². The normalized spacial score (nSPS) is 18.4. The third kappa shape index (κ3) is 5.20. The van der Waals surface area contributed by atoms with Crippen molar-refractivity contribution in [2.45, 2.75) is 25.3 Å². The number of nitrogens with zero attached hydrogens (tertiary/aromatic N) is 3. The predicted molar refractivity (Wildman–Crippen MR) is 118 cm³/mol. The molecule has 1 atom stereocenters. The summed E-state index contributed by atoms with van der Waals surface area (Å²) in [5, 5.41) is 4.17. The number of quaternary nitrogens is 1. The largest absolute Gasteiger partial charge is 0.419 e. The summed E-state index contributed by atoms with van der Waals surface area (Å²) in [6.07, 6.45) is 5.44. The van der Waals surface area contributed by atoms with Crippen molar-refractivity contribution in [3.63, 3.8) is 0 Å². The lowest BCUT2D eigenvalue weighted by Crippen LogP contribution is -2.45. The van der Waals surface area contributed by atoms with Gasteiger partial charge in [0.2, 0.25) is 11.8 Å². The standard InChI is InChI=1S/C21H23FN4OS2/c1-15(2)19-20(29-18-6-4-5-17(22)11-18)26(13-25-19,14-27-21(28)23-3)12-16-7-9-24-10-8-16/h4-11,13,15H,12,14H2,1-3H3/p+1. The molecule has 3 rings (SSSR count). The Balaban J connectivity index is 2.02. The molecule has 0 spiro atoms. The number of allylic oxidation sites excluding steroid dienone is 1. The van der Waals surface area contributed by atoms with Crippen LogP contribution in [0.4, 0.5) is 4.39 Å². The summed E-state index contributed by atoms with van der Waals surface area (Å²) < 4.78 is 20.0. The van der Waals surface area contributed by atoms with Gasteiger partial charge in [-0.05, 0) is 54.3 Å². The lowest BCUT2D eigenvalue weighted by molar-refractivity contribution is -0.819. The van der Waals surface area contributed by atoms with Crippen LogP contribution >= 0.6 is 24.0 Å². The SMILES string of the molecule is CNC(=S)OC[N+]1(Cc2ccncc2)C=NC(C(C)C)=C1Sc1cccc(F)c1. The Bertz CT molecular complexity index is 933. The van der Waals surface area contributed by atoms with Crippen LogP contribution in [0.5, 0.6) is 0 Å². The molecule has 0 aliphatic carbocycles. The van der Waals surface area contributed by atoms with E-state index in [0.29, 0.717) is 16.2 Å². The van der Waals surface area contributed by atoms with Gasteiger partial charge in [-0.3, -0.25) is 4.98 Å². The predicted octanol–water partition coefficient (Wildman–Crippen LogP) is 4.68. The molecule has 152 valence electrons. The maximum atomic E-state index is 13.8. The molecule has 0 amide bonds. The number of halogens is 1. The highest BCUT2D eigenvalue weighted by molar-refractivity contribution is 8.02. The average molecular weight is 432 g/mol. The summed E-state index contributed by atoms with van der Waals surface area (Å²) in [5.41, 5.74) is 2.06. The summed E-state index contributed by atoms with van der Waals surface area (Å²) in [5.74, 6) is -0.0588. The third-order valence-electron chi connectivity index (χ3n) is 4.44. The summed E-state index contributed by atoms with van der Waals surface area (Å²) >= 11 is 6.72. The molecule has 1 aliphatic heterocycles. The van der Waals surface area contributed by atoms with Gasteiger partial charge in [0.1, 0.15) is 18.1 Å². The molecule has 0 radical (unpaired) electrons. The van der Waals surface area contributed by atoms with E-state index in [9.17, 15) is 4.39 Å². The Labute approximate surface area is 180 Å². The van der Waals surface area contributed by atoms with Crippen LogP contribution in [0, 0.1) is 11.7 Å². The number of nitrogens with one attached hydrogen (secondary N) is 1. The minimum atomic E-state index is -0.263. The van der Waals surface area contributed by atoms with Crippen LogP contribution in [0.1, 0.15) is 19.4 Å². The third-order valence-corrected chi connectivity index (χ3v) is 6.02. The van der Waals surface area contributed by atoms with Gasteiger partial charge in [0.15, 0.2) is 6.34 Å². The van der Waals surface area contributed by atoms with Crippen LogP contribution in [0.25, 0.3) is 0 Å². The van der Waals surface area contributed by atoms with Crippen LogP contribution in [0.15, 0.2) is 69.4 Å². The molecular formula is C21H24FN4OS2+. The first kappa shape index (κ1) is 21.4. The zero-order valence-corrected chi connectivity index (χ0v) is 18.3. The van der Waals surface area contributed by atoms with E-state index >= 15 is 0 Å². The Kier molecular flexibility index (Phi) is 7.00. The number of rotatable bonds is 7. The Morgan fingerprint density at radius 1 is 1.28 bits per heavy atom. The summed E-state index contributed by atoms with van der Waals surface area (Å²) in [4.78, 5) is 9.67. The molecule has 1 N–H and O–H groups in total. The molecule has 8 heteroatoms. The Morgan fingerprint density at radius 3 is 2.69 bits per heavy atom. The molecular weight excluding hydrogens is 407 g/mol. The number of thiocarbonyl (C=S) groups is 1. The number of benzene rings is 1. The molecule has 1 unspecified atom stereocenters. The van der Waals surface area contributed by atoms with E-state index in [4.69, 9.17) is 21.9 Å². The van der Waals surface area contributed by atoms with E-state index in [2.05, 4.69) is 24.1 Å². The minimum Gasteiger partial charge on any atom is -0.419 e. The second kappa shape index (κ2) is 9.47. The van der Waals surface area contributed by atoms with Gasteiger partial charge >= 0.3 is 0 Å². The Hall–Kier alpha value is -2.29. The van der Waals surface area contributed by atoms with E-state index in [1.807, 2.05) is 24.5 Å². The number of ether oxygens (including phenoxy) is 1. The molecule has 1 aromatic carbocycles. The van der Waals surface area contributed by atoms with Gasteiger partial charge in [0, 0.05) is 35.8 Å². The van der Waals surface area contributed by atoms with Gasteiger partial charge in [0.25, 0.3) is 5.17 Å². The van der Waals surface area contributed by atoms with Crippen LogP contribution in [-0.2, 0) is 11.3 Å². The van der Waals surface area contributed by atoms with Crippen molar-refractivity contribution in [3.8, 4) is 0 Å². The van der Waals surface area contributed by atoms with Crippen molar-refractivity contribution in [1.29, 1.82) is 0 Å². The molecule has 0 saturated carbocycles. The fourth-order valence-corrected chi connectivity index (χ4v) is 4.33. The second-order valence-electron chi connectivity index (χ2n) is 7.01. The number of pyridine rings is 1. The van der Waals surface area contributed by atoms with Crippen LogP contribution in [0.2, 0.25) is 0 Å². The molecule has 2 aromatic rings. The van der Waals surface area contributed by atoms with Crippen molar-refractivity contribution in [2.75, 3.05) is 13.8 Å². The number of thioether (sulfide) groups is 1. The molecule has 29 heavy (non-hydrogen) atoms. The quantitative estimate of drug-likeness (QED) is 0.510. The summed E-state index contributed by atoms with van der Waals surface area (Å²) in [6.45, 7) is 5.10. The van der Waals surface area contributed by atoms with Crippen molar-refractivity contribution >= 4 is 35.5 Å². The molecule has 0 fully saturated rings. The highest BCUT2D eigenvalue weighted by Crippen LogP contribution is 2.43. The van der Waals surface area contributed by atoms with Crippen LogP contribution in [-0.4, -0.2) is 34.8 Å². The van der Waals surface area contributed by atoms with Crippen molar-refractivity contribution in [2.24, 2.45) is 10.9 Å². The number of hydrogen-bond acceptors (Lipinski definition) is 5. The van der Waals surface area contributed by atoms with Gasteiger partial charge in [-0.25, -0.2) is 13.9 Å². The average Bonchev–Trinajstić information content (AvgIpc) is 3.05. The van der Waals surface area contributed by atoms with Crippen LogP contribution < -0.4 is 5.32 Å². The van der Waals surface area contributed by atoms with E-state index in [0.717, 1.165) is 21.2 Å². The first-order chi connectivity index (χ1) is 13.9. The van der Waals surface area contributed by atoms with Crippen LogP contribution in [0.3, 0.4) is 0 Å². The maximum Gasteiger partial charge on any atom is 0.260 e. The highest BCUT2D eigenvalue weighted by atomic mass is 32.2. The first-order valence-corrected chi connectivity index (χ1v) is 10.5. The van der Waals surface area contributed by atoms with E-state index in [1.165, 1.54) is 23.9 Å². The zero-order chi connectivity index (χ0) is 20.9. The zero-order valence-electron chi connectivity index (χ0n) is 16.6. The lowest BCUT2D eigenvalue weighted by atomic mass is 10.1. The maximum absolute atomic E-state index is 13.8. The van der Waals surface area contributed by atoms with Gasteiger partial charge in [-0.2, -0.15) is 0 Å². The minimum absolute atomic E-state index is 0.205. The monoisotopic (exact) mass is 431 g/mol. The molecule has 2 heterocycles. The molecule has 0 saturated heterocycles. The second-order valence-corrected chi connectivity index (χ2v) is 8.44. The van der Waals surface area contributed by atoms with Gasteiger partial charge in [0.05, 0.1) is 0 Å². The number of hydrogen-bond donors (Lipinski definition) is 1. The number of aromatic nitrogens is 1. The van der Waals surface area contributed by atoms with Crippen molar-refractivity contribution < 1.29 is 13.6 Å². The summed E-state index contributed by atoms with van der Waals surface area (Å²) in [7, 11) is 1.73. The van der Waals surface area contributed by atoms with E-state index in [1.54, 1.807) is 25.5 Å². The fraction of sp³-hybridized carbons (Fsp3) is 0.286. The Morgan fingerprint density at radius 2 is 2.03 bits per heavy atom. The number of aliphatic imine (C=N–C) groups is 1. The van der Waals surface area contributed by atoms with E-state index in [-0.39, 0.29) is 18.5 Å². The molecule has 1 aromatic heterocycles. The first-order valence-electron chi connectivity index (χ1n) is 9.27. The highest BCUT2D eigenvalue weighted by Gasteiger charge is 2.41. The van der Waals surface area contributed by atoms with Crippen molar-refractivity contribution in [3.05, 3.63) is 70.9 Å². The van der Waals surface area contributed by atoms with Crippen molar-refractivity contribution in [1.82, 2.24) is 10.3 Å². The molecule has 0 bridgehead atoms. The molecule has 1 aliphatic rings. The smallest absolute Gasteiger partial charge is 0.260 e. The molecule has 5 nitrogen and oxygen atoms in total.